The maximum Gasteiger partial charge on any atom is 0.139 e. The van der Waals surface area contributed by atoms with E-state index in [-0.39, 0.29) is 12.0 Å². The molecule has 2 atom stereocenters. The summed E-state index contributed by atoms with van der Waals surface area (Å²) in [7, 11) is 0. The zero-order valence-corrected chi connectivity index (χ0v) is 13.2. The molecule has 2 N–H and O–H groups in total. The van der Waals surface area contributed by atoms with Gasteiger partial charge in [0.15, 0.2) is 0 Å². The van der Waals surface area contributed by atoms with Crippen molar-refractivity contribution in [2.24, 2.45) is 11.3 Å². The monoisotopic (exact) mass is 304 g/mol. The van der Waals surface area contributed by atoms with E-state index in [9.17, 15) is 0 Å². The fourth-order valence-electron chi connectivity index (χ4n) is 3.28. The molecule has 0 aromatic carbocycles. The number of nitrogens with zero attached hydrogens (tertiary/aromatic N) is 1. The predicted molar refractivity (Wildman–Crippen MR) is 82.2 cm³/mol. The Bertz CT molecular complexity index is 589. The summed E-state index contributed by atoms with van der Waals surface area (Å²) < 4.78 is 10.6. The van der Waals surface area contributed by atoms with E-state index in [2.05, 4.69) is 24.3 Å². The lowest BCUT2D eigenvalue weighted by Gasteiger charge is -2.52. The Labute approximate surface area is 130 Å². The Morgan fingerprint density at radius 3 is 2.95 bits per heavy atom. The van der Waals surface area contributed by atoms with Crippen LogP contribution in [0.2, 0.25) is 0 Å². The van der Waals surface area contributed by atoms with Crippen molar-refractivity contribution in [3.8, 4) is 0 Å². The summed E-state index contributed by atoms with van der Waals surface area (Å²) in [6.07, 6.45) is 4.31. The molecule has 1 saturated carbocycles. The van der Waals surface area contributed by atoms with Gasteiger partial charge in [-0.25, -0.2) is 0 Å². The minimum absolute atomic E-state index is 0.0995. The van der Waals surface area contributed by atoms with Crippen LogP contribution in [0.1, 0.15) is 37.5 Å². The second-order valence-corrected chi connectivity index (χ2v) is 6.73. The zero-order chi connectivity index (χ0) is 15.6. The lowest BCUT2D eigenvalue weighted by Crippen LogP contribution is -2.57. The van der Waals surface area contributed by atoms with Gasteiger partial charge in [-0.05, 0) is 36.3 Å². The van der Waals surface area contributed by atoms with Crippen molar-refractivity contribution in [3.63, 3.8) is 0 Å². The second kappa shape index (κ2) is 6.26. The molecule has 0 radical (unpaired) electrons. The lowest BCUT2D eigenvalue weighted by molar-refractivity contribution is 0.0115. The lowest BCUT2D eigenvalue weighted by atomic mass is 9.57. The zero-order valence-electron chi connectivity index (χ0n) is 13.2. The molecular weight excluding hydrogens is 280 g/mol. The summed E-state index contributed by atoms with van der Waals surface area (Å²) in [5.41, 5.74) is 1.22. The van der Waals surface area contributed by atoms with Gasteiger partial charge in [-0.15, -0.1) is 0 Å². The molecule has 2 aromatic rings. The first-order chi connectivity index (χ1) is 10.6. The van der Waals surface area contributed by atoms with E-state index in [1.807, 2.05) is 18.2 Å². The van der Waals surface area contributed by atoms with Crippen LogP contribution in [0, 0.1) is 11.3 Å². The minimum atomic E-state index is 0.0995. The molecule has 0 saturated heterocycles. The van der Waals surface area contributed by atoms with E-state index in [4.69, 9.17) is 14.0 Å². The summed E-state index contributed by atoms with van der Waals surface area (Å²) in [4.78, 5) is 0. The Morgan fingerprint density at radius 1 is 1.41 bits per heavy atom. The van der Waals surface area contributed by atoms with Gasteiger partial charge in [0.2, 0.25) is 0 Å². The number of hydrogen-bond donors (Lipinski definition) is 2. The molecule has 5 nitrogen and oxygen atoms in total. The third-order valence-corrected chi connectivity index (χ3v) is 4.99. The predicted octanol–water partition coefficient (Wildman–Crippen LogP) is 2.55. The van der Waals surface area contributed by atoms with Gasteiger partial charge in [-0.3, -0.25) is 0 Å². The van der Waals surface area contributed by atoms with Gasteiger partial charge in [0.05, 0.1) is 25.1 Å². The van der Waals surface area contributed by atoms with Crippen LogP contribution >= 0.6 is 0 Å². The van der Waals surface area contributed by atoms with Crippen LogP contribution in [0.4, 0.5) is 0 Å². The molecule has 1 aliphatic carbocycles. The van der Waals surface area contributed by atoms with Crippen LogP contribution in [0.3, 0.4) is 0 Å². The highest BCUT2D eigenvalue weighted by molar-refractivity contribution is 5.11. The minimum Gasteiger partial charge on any atom is -0.468 e. The van der Waals surface area contributed by atoms with E-state index in [1.165, 1.54) is 0 Å². The van der Waals surface area contributed by atoms with E-state index >= 15 is 0 Å². The van der Waals surface area contributed by atoms with Gasteiger partial charge in [-0.1, -0.05) is 19.0 Å². The van der Waals surface area contributed by atoms with Gasteiger partial charge >= 0.3 is 0 Å². The highest BCUT2D eigenvalue weighted by atomic mass is 16.5. The SMILES string of the molecule is CC1(C)[C@H](Cc2cc(CCO)on2)C[C@@H]1NCc1ccco1. The van der Waals surface area contributed by atoms with Crippen LogP contribution in [-0.2, 0) is 19.4 Å². The molecule has 5 heteroatoms. The van der Waals surface area contributed by atoms with Crippen LogP contribution < -0.4 is 5.32 Å². The third-order valence-electron chi connectivity index (χ3n) is 4.99. The van der Waals surface area contributed by atoms with Crippen molar-refractivity contribution in [3.05, 3.63) is 41.7 Å². The number of rotatable bonds is 7. The molecule has 2 heterocycles. The largest absolute Gasteiger partial charge is 0.468 e. The Morgan fingerprint density at radius 2 is 2.27 bits per heavy atom. The maximum atomic E-state index is 8.92. The van der Waals surface area contributed by atoms with E-state index < -0.39 is 0 Å². The average molecular weight is 304 g/mol. The van der Waals surface area contributed by atoms with Gasteiger partial charge in [-0.2, -0.15) is 0 Å². The quantitative estimate of drug-likeness (QED) is 0.822. The molecule has 2 aromatic heterocycles. The summed E-state index contributed by atoms with van der Waals surface area (Å²) in [5, 5.41) is 16.6. The van der Waals surface area contributed by atoms with Crippen molar-refractivity contribution >= 4 is 0 Å². The standard InChI is InChI=1S/C17H24N2O3/c1-17(2)12(8-13-10-14(5-6-20)22-19-13)9-16(17)18-11-15-4-3-7-21-15/h3-4,7,10,12,16,18,20H,5-6,8-9,11H2,1-2H3/t12-,16+/m1/s1. The number of furan rings is 1. The van der Waals surface area contributed by atoms with Gasteiger partial charge in [0, 0.05) is 18.5 Å². The van der Waals surface area contributed by atoms with Crippen molar-refractivity contribution < 1.29 is 14.0 Å². The number of aromatic nitrogens is 1. The first kappa shape index (κ1) is 15.3. The normalized spacial score (nSPS) is 23.4. The first-order valence-corrected chi connectivity index (χ1v) is 7.90. The molecule has 120 valence electrons. The number of aliphatic hydroxyl groups is 1. The first-order valence-electron chi connectivity index (χ1n) is 7.90. The molecule has 0 amide bonds. The second-order valence-electron chi connectivity index (χ2n) is 6.73. The van der Waals surface area contributed by atoms with Crippen molar-refractivity contribution in [1.29, 1.82) is 0 Å². The molecule has 0 aliphatic heterocycles. The van der Waals surface area contributed by atoms with Crippen molar-refractivity contribution in [2.75, 3.05) is 6.61 Å². The van der Waals surface area contributed by atoms with Crippen molar-refractivity contribution in [1.82, 2.24) is 10.5 Å². The highest BCUT2D eigenvalue weighted by Gasteiger charge is 2.47. The van der Waals surface area contributed by atoms with E-state index in [0.717, 1.165) is 36.6 Å². The van der Waals surface area contributed by atoms with Crippen molar-refractivity contribution in [2.45, 2.75) is 45.7 Å². The van der Waals surface area contributed by atoms with Gasteiger partial charge in [0.25, 0.3) is 0 Å². The molecule has 3 rings (SSSR count). The smallest absolute Gasteiger partial charge is 0.139 e. The van der Waals surface area contributed by atoms with Gasteiger partial charge in [0.1, 0.15) is 11.5 Å². The van der Waals surface area contributed by atoms with Crippen LogP contribution in [-0.4, -0.2) is 22.9 Å². The Balaban J connectivity index is 1.51. The summed E-state index contributed by atoms with van der Waals surface area (Å²) in [6, 6.07) is 6.37. The highest BCUT2D eigenvalue weighted by Crippen LogP contribution is 2.47. The fraction of sp³-hybridized carbons (Fsp3) is 0.588. The molecule has 1 aliphatic rings. The number of nitrogens with one attached hydrogen (secondary N) is 1. The van der Waals surface area contributed by atoms with Crippen LogP contribution in [0.15, 0.2) is 33.4 Å². The van der Waals surface area contributed by atoms with Gasteiger partial charge < -0.3 is 19.4 Å². The maximum absolute atomic E-state index is 8.92. The Kier molecular flexibility index (Phi) is 4.36. The molecule has 0 unspecified atom stereocenters. The summed E-state index contributed by atoms with van der Waals surface area (Å²) >= 11 is 0. The summed E-state index contributed by atoms with van der Waals surface area (Å²) in [5.74, 6) is 2.33. The number of aliphatic hydroxyl groups excluding tert-OH is 1. The fourth-order valence-corrected chi connectivity index (χ4v) is 3.28. The third kappa shape index (κ3) is 3.10. The molecule has 0 spiro atoms. The molecule has 22 heavy (non-hydrogen) atoms. The van der Waals surface area contributed by atoms with E-state index in [0.29, 0.717) is 18.4 Å². The van der Waals surface area contributed by atoms with E-state index in [1.54, 1.807) is 6.26 Å². The summed E-state index contributed by atoms with van der Waals surface area (Å²) in [6.45, 7) is 5.48. The number of hydrogen-bond acceptors (Lipinski definition) is 5. The van der Waals surface area contributed by atoms with Crippen LogP contribution in [0.25, 0.3) is 0 Å². The Hall–Kier alpha value is -1.59. The molecule has 0 bridgehead atoms. The van der Waals surface area contributed by atoms with Crippen LogP contribution in [0.5, 0.6) is 0 Å². The molecule has 1 fully saturated rings. The molecular formula is C17H24N2O3. The average Bonchev–Trinajstić information content (AvgIpc) is 3.14. The topological polar surface area (TPSA) is 71.4 Å².